The van der Waals surface area contributed by atoms with Crippen LogP contribution in [-0.4, -0.2) is 33.0 Å². The van der Waals surface area contributed by atoms with Crippen LogP contribution in [0.2, 0.25) is 0 Å². The molecule has 0 aliphatic heterocycles. The Hall–Kier alpha value is -0.0900. The third-order valence-corrected chi connectivity index (χ3v) is 5.79. The summed E-state index contributed by atoms with van der Waals surface area (Å²) in [7, 11) is -0.730. The second-order valence-corrected chi connectivity index (χ2v) is 7.64. The van der Waals surface area contributed by atoms with Crippen molar-refractivity contribution in [3.8, 4) is 0 Å². The summed E-state index contributed by atoms with van der Waals surface area (Å²) >= 11 is 0. The van der Waals surface area contributed by atoms with E-state index in [1.807, 2.05) is 7.05 Å². The predicted octanol–water partition coefficient (Wildman–Crippen LogP) is 2.37. The summed E-state index contributed by atoms with van der Waals surface area (Å²) in [6.45, 7) is 1.73. The molecule has 0 spiro atoms. The molecule has 0 aromatic heterocycles. The molecule has 4 heteroatoms. The van der Waals surface area contributed by atoms with Crippen LogP contribution in [0.4, 0.5) is 0 Å². The maximum Gasteiger partial charge on any atom is 0.150 e. The average molecular weight is 261 g/mol. The van der Waals surface area contributed by atoms with E-state index in [1.165, 1.54) is 25.7 Å². The second kappa shape index (κ2) is 7.37. The summed E-state index contributed by atoms with van der Waals surface area (Å²) in [6.07, 6.45) is 8.40. The maximum atomic E-state index is 11.4. The third kappa shape index (κ3) is 5.38. The Balaban J connectivity index is 2.19. The standard InChI is InChI=1S/C13H27NO2S/c1-3-17(15,16)11-7-6-10-13(14-2)12-8-4-5-9-12/h12-14H,3-11H2,1-2H3. The number of unbranched alkanes of at least 4 members (excludes halogenated alkanes) is 1. The number of hydrogen-bond acceptors (Lipinski definition) is 3. The fraction of sp³-hybridized carbons (Fsp3) is 1.00. The van der Waals surface area contributed by atoms with Gasteiger partial charge in [-0.25, -0.2) is 8.42 Å². The first-order chi connectivity index (χ1) is 8.09. The van der Waals surface area contributed by atoms with E-state index in [4.69, 9.17) is 0 Å². The molecular formula is C13H27NO2S. The van der Waals surface area contributed by atoms with Crippen LogP contribution in [0.5, 0.6) is 0 Å². The Labute approximate surface area is 106 Å². The normalized spacial score (nSPS) is 19.6. The van der Waals surface area contributed by atoms with Gasteiger partial charge in [0.05, 0.1) is 5.75 Å². The Morgan fingerprint density at radius 1 is 1.24 bits per heavy atom. The van der Waals surface area contributed by atoms with Crippen LogP contribution in [0.15, 0.2) is 0 Å². The fourth-order valence-corrected chi connectivity index (χ4v) is 3.74. The molecular weight excluding hydrogens is 234 g/mol. The zero-order chi connectivity index (χ0) is 12.7. The lowest BCUT2D eigenvalue weighted by Gasteiger charge is -2.22. The summed E-state index contributed by atoms with van der Waals surface area (Å²) in [6, 6.07) is 0.599. The predicted molar refractivity (Wildman–Crippen MR) is 73.0 cm³/mol. The van der Waals surface area contributed by atoms with Gasteiger partial charge in [-0.2, -0.15) is 0 Å². The minimum Gasteiger partial charge on any atom is -0.317 e. The molecule has 1 fully saturated rings. The quantitative estimate of drug-likeness (QED) is 0.682. The summed E-state index contributed by atoms with van der Waals surface area (Å²) in [5.74, 6) is 1.47. The van der Waals surface area contributed by atoms with E-state index in [1.54, 1.807) is 6.92 Å². The van der Waals surface area contributed by atoms with Gasteiger partial charge in [0.1, 0.15) is 9.84 Å². The van der Waals surface area contributed by atoms with Crippen LogP contribution >= 0.6 is 0 Å². The highest BCUT2D eigenvalue weighted by atomic mass is 32.2. The van der Waals surface area contributed by atoms with E-state index in [0.29, 0.717) is 11.8 Å². The molecule has 1 rings (SSSR count). The van der Waals surface area contributed by atoms with Gasteiger partial charge in [-0.05, 0) is 38.6 Å². The number of hydrogen-bond donors (Lipinski definition) is 1. The van der Waals surface area contributed by atoms with Crippen molar-refractivity contribution in [2.45, 2.75) is 57.9 Å². The maximum absolute atomic E-state index is 11.4. The minimum atomic E-state index is -2.76. The third-order valence-electron chi connectivity index (χ3n) is 4.00. The van der Waals surface area contributed by atoms with Gasteiger partial charge in [-0.3, -0.25) is 0 Å². The molecule has 0 amide bonds. The summed E-state index contributed by atoms with van der Waals surface area (Å²) in [5, 5.41) is 3.41. The molecule has 1 aliphatic rings. The lowest BCUT2D eigenvalue weighted by molar-refractivity contribution is 0.352. The first-order valence-corrected chi connectivity index (χ1v) is 8.79. The Morgan fingerprint density at radius 2 is 1.88 bits per heavy atom. The van der Waals surface area contributed by atoms with Crippen LogP contribution in [0.25, 0.3) is 0 Å². The van der Waals surface area contributed by atoms with E-state index in [2.05, 4.69) is 5.32 Å². The molecule has 102 valence electrons. The van der Waals surface area contributed by atoms with Crippen LogP contribution in [-0.2, 0) is 9.84 Å². The highest BCUT2D eigenvalue weighted by Gasteiger charge is 2.23. The molecule has 0 bridgehead atoms. The lowest BCUT2D eigenvalue weighted by atomic mass is 9.94. The van der Waals surface area contributed by atoms with Crippen molar-refractivity contribution in [3.63, 3.8) is 0 Å². The van der Waals surface area contributed by atoms with Crippen LogP contribution < -0.4 is 5.32 Å². The molecule has 0 aromatic carbocycles. The Morgan fingerprint density at radius 3 is 2.41 bits per heavy atom. The molecule has 0 saturated heterocycles. The first-order valence-electron chi connectivity index (χ1n) is 6.96. The molecule has 1 saturated carbocycles. The van der Waals surface area contributed by atoms with E-state index >= 15 is 0 Å². The van der Waals surface area contributed by atoms with Crippen molar-refractivity contribution in [3.05, 3.63) is 0 Å². The summed E-state index contributed by atoms with van der Waals surface area (Å²) < 4.78 is 22.7. The fourth-order valence-electron chi connectivity index (χ4n) is 2.81. The zero-order valence-electron chi connectivity index (χ0n) is 11.2. The highest BCUT2D eigenvalue weighted by molar-refractivity contribution is 7.91. The van der Waals surface area contributed by atoms with Crippen LogP contribution in [0, 0.1) is 5.92 Å². The highest BCUT2D eigenvalue weighted by Crippen LogP contribution is 2.29. The summed E-state index contributed by atoms with van der Waals surface area (Å²) in [5.41, 5.74) is 0. The van der Waals surface area contributed by atoms with Gasteiger partial charge < -0.3 is 5.32 Å². The van der Waals surface area contributed by atoms with E-state index < -0.39 is 9.84 Å². The van der Waals surface area contributed by atoms with Crippen molar-refractivity contribution < 1.29 is 8.42 Å². The number of sulfone groups is 1. The molecule has 1 aliphatic carbocycles. The van der Waals surface area contributed by atoms with Gasteiger partial charge >= 0.3 is 0 Å². The molecule has 17 heavy (non-hydrogen) atoms. The van der Waals surface area contributed by atoms with Gasteiger partial charge in [0.15, 0.2) is 0 Å². The molecule has 1 unspecified atom stereocenters. The molecule has 1 atom stereocenters. The molecule has 3 nitrogen and oxygen atoms in total. The van der Waals surface area contributed by atoms with Crippen molar-refractivity contribution >= 4 is 9.84 Å². The topological polar surface area (TPSA) is 46.2 Å². The zero-order valence-corrected chi connectivity index (χ0v) is 12.1. The van der Waals surface area contributed by atoms with E-state index in [-0.39, 0.29) is 5.75 Å². The smallest absolute Gasteiger partial charge is 0.150 e. The average Bonchev–Trinajstić information content (AvgIpc) is 2.83. The minimum absolute atomic E-state index is 0.283. The Bertz CT molecular complexity index is 295. The monoisotopic (exact) mass is 261 g/mol. The van der Waals surface area contributed by atoms with Gasteiger partial charge in [0.25, 0.3) is 0 Å². The van der Waals surface area contributed by atoms with Crippen molar-refractivity contribution in [1.29, 1.82) is 0 Å². The largest absolute Gasteiger partial charge is 0.317 e. The van der Waals surface area contributed by atoms with Gasteiger partial charge in [0.2, 0.25) is 0 Å². The van der Waals surface area contributed by atoms with Crippen LogP contribution in [0.3, 0.4) is 0 Å². The summed E-state index contributed by atoms with van der Waals surface area (Å²) in [4.78, 5) is 0. The van der Waals surface area contributed by atoms with Gasteiger partial charge in [-0.15, -0.1) is 0 Å². The van der Waals surface area contributed by atoms with E-state index in [0.717, 1.165) is 25.2 Å². The lowest BCUT2D eigenvalue weighted by Crippen LogP contribution is -2.32. The van der Waals surface area contributed by atoms with Gasteiger partial charge in [-0.1, -0.05) is 26.2 Å². The molecule has 0 heterocycles. The SMILES string of the molecule is CCS(=O)(=O)CCCCC(NC)C1CCCC1. The van der Waals surface area contributed by atoms with E-state index in [9.17, 15) is 8.42 Å². The molecule has 1 N–H and O–H groups in total. The Kier molecular flexibility index (Phi) is 6.49. The first kappa shape index (κ1) is 15.0. The second-order valence-electron chi connectivity index (χ2n) is 5.17. The number of rotatable bonds is 8. The van der Waals surface area contributed by atoms with Gasteiger partial charge in [0, 0.05) is 11.8 Å². The molecule has 0 aromatic rings. The van der Waals surface area contributed by atoms with Crippen LogP contribution in [0.1, 0.15) is 51.9 Å². The van der Waals surface area contributed by atoms with Crippen molar-refractivity contribution in [2.24, 2.45) is 5.92 Å². The molecule has 0 radical (unpaired) electrons. The number of nitrogens with one attached hydrogen (secondary N) is 1. The van der Waals surface area contributed by atoms with Crippen molar-refractivity contribution in [1.82, 2.24) is 5.32 Å². The van der Waals surface area contributed by atoms with Crippen molar-refractivity contribution in [2.75, 3.05) is 18.6 Å².